The smallest absolute Gasteiger partial charge is 0.433 e. The molecule has 1 fully saturated rings. The number of amides is 1. The molecule has 0 aliphatic carbocycles. The molecule has 1 aliphatic rings. The highest BCUT2D eigenvalue weighted by atomic mass is 19.4. The average Bonchev–Trinajstić information content (AvgIpc) is 3.26. The Morgan fingerprint density at radius 3 is 2.45 bits per heavy atom. The van der Waals surface area contributed by atoms with Crippen LogP contribution in [0.15, 0.2) is 36.7 Å². The van der Waals surface area contributed by atoms with E-state index in [1.54, 1.807) is 19.1 Å². The van der Waals surface area contributed by atoms with Crippen LogP contribution in [0.4, 0.5) is 34.1 Å². The van der Waals surface area contributed by atoms with E-state index in [0.717, 1.165) is 16.5 Å². The number of aromatic nitrogens is 4. The van der Waals surface area contributed by atoms with Gasteiger partial charge in [-0.15, -0.1) is 0 Å². The molecule has 0 radical (unpaired) electrons. The second kappa shape index (κ2) is 11.7. The van der Waals surface area contributed by atoms with Crippen molar-refractivity contribution in [2.45, 2.75) is 66.0 Å². The summed E-state index contributed by atoms with van der Waals surface area (Å²) in [6.07, 6.45) is -3.60. The number of hydrogen-bond donors (Lipinski definition) is 1. The summed E-state index contributed by atoms with van der Waals surface area (Å²) in [5.41, 5.74) is 1.54. The predicted octanol–water partition coefficient (Wildman–Crippen LogP) is 6.45. The molecule has 4 rings (SSSR count). The number of nitrogens with zero attached hydrogens (tertiary/aromatic N) is 5. The third-order valence-corrected chi connectivity index (χ3v) is 5.80. The van der Waals surface area contributed by atoms with Gasteiger partial charge in [-0.25, -0.2) is 19.2 Å². The monoisotopic (exact) mass is 534 g/mol. The highest BCUT2D eigenvalue weighted by Crippen LogP contribution is 2.33. The fourth-order valence-electron chi connectivity index (χ4n) is 3.94. The number of rotatable bonds is 6. The maximum absolute atomic E-state index is 13.9. The molecule has 0 spiro atoms. The lowest BCUT2D eigenvalue weighted by Gasteiger charge is -2.22. The summed E-state index contributed by atoms with van der Waals surface area (Å²) >= 11 is 0. The molecule has 3 unspecified atom stereocenters. The first-order chi connectivity index (χ1) is 17.9. The van der Waals surface area contributed by atoms with E-state index >= 15 is 0 Å². The molecule has 1 N–H and O–H groups in total. The van der Waals surface area contributed by atoms with Crippen LogP contribution in [0.2, 0.25) is 0 Å². The van der Waals surface area contributed by atoms with Gasteiger partial charge in [0.05, 0.1) is 11.7 Å². The number of aryl methyl sites for hydroxylation is 2. The van der Waals surface area contributed by atoms with Crippen molar-refractivity contribution in [3.05, 3.63) is 59.3 Å². The van der Waals surface area contributed by atoms with E-state index in [1.807, 2.05) is 20.8 Å². The van der Waals surface area contributed by atoms with Crippen LogP contribution in [0.3, 0.4) is 0 Å². The normalized spacial score (nSPS) is 16.8. The van der Waals surface area contributed by atoms with Crippen molar-refractivity contribution in [1.82, 2.24) is 19.9 Å². The highest BCUT2D eigenvalue weighted by Gasteiger charge is 2.39. The minimum atomic E-state index is -4.55. The first-order valence-electron chi connectivity index (χ1n) is 12.2. The maximum atomic E-state index is 13.9. The summed E-state index contributed by atoms with van der Waals surface area (Å²) < 4.78 is 58.5. The lowest BCUT2D eigenvalue weighted by atomic mass is 10.0. The van der Waals surface area contributed by atoms with Crippen LogP contribution in [-0.4, -0.2) is 44.8 Å². The molecule has 0 aromatic carbocycles. The molecule has 0 saturated carbocycles. The van der Waals surface area contributed by atoms with Crippen molar-refractivity contribution in [2.75, 3.05) is 16.8 Å². The van der Waals surface area contributed by atoms with Crippen molar-refractivity contribution < 1.29 is 27.1 Å². The molecule has 8 nitrogen and oxygen atoms in total. The number of cyclic esters (lactones) is 1. The third-order valence-electron chi connectivity index (χ3n) is 5.80. The summed E-state index contributed by atoms with van der Waals surface area (Å²) in [6.45, 7) is 10.4. The van der Waals surface area contributed by atoms with Gasteiger partial charge < -0.3 is 10.1 Å². The lowest BCUT2D eigenvalue weighted by molar-refractivity contribution is -0.141. The number of hydrogen-bond acceptors (Lipinski definition) is 7. The van der Waals surface area contributed by atoms with Crippen LogP contribution in [-0.2, 0) is 10.9 Å². The van der Waals surface area contributed by atoms with Gasteiger partial charge in [0, 0.05) is 23.7 Å². The Bertz CT molecular complexity index is 1280. The fourth-order valence-corrected chi connectivity index (χ4v) is 3.94. The number of nitrogens with one attached hydrogen (secondary N) is 1. The number of carbonyl (C=O) groups is 1. The quantitative estimate of drug-likeness (QED) is 0.363. The van der Waals surface area contributed by atoms with Crippen LogP contribution in [0.25, 0.3) is 11.1 Å². The second-order valence-electron chi connectivity index (χ2n) is 8.60. The van der Waals surface area contributed by atoms with Crippen molar-refractivity contribution in [3.8, 4) is 11.1 Å². The largest absolute Gasteiger partial charge is 0.447 e. The van der Waals surface area contributed by atoms with Crippen LogP contribution < -0.4 is 10.2 Å². The first kappa shape index (κ1) is 28.7. The Balaban J connectivity index is 0.00000195. The summed E-state index contributed by atoms with van der Waals surface area (Å²) in [5, 5.41) is 3.09. The molecule has 4 heterocycles. The zero-order valence-corrected chi connectivity index (χ0v) is 22.0. The predicted molar refractivity (Wildman–Crippen MR) is 136 cm³/mol. The fraction of sp³-hybridized carbons (Fsp3) is 0.423. The van der Waals surface area contributed by atoms with Gasteiger partial charge >= 0.3 is 12.3 Å². The standard InChI is InChI=1S/C24H24F4N6O2.C2H6/c1-12-7-18(30-10-17(12)16-8-13(2)31-20(9-16)24(26,27)28)15(4)32-22-29-6-5-21(33-22)34-19(14(3)25)11-36-23(34)35;1-2/h5-10,14-15,19H,11H2,1-4H3,(H,29,32,33);1-2H3. The Kier molecular flexibility index (Phi) is 8.85. The molecule has 1 amide bonds. The summed E-state index contributed by atoms with van der Waals surface area (Å²) in [5.74, 6) is 0.387. The summed E-state index contributed by atoms with van der Waals surface area (Å²) in [6, 6.07) is 4.66. The van der Waals surface area contributed by atoms with E-state index < -0.39 is 30.2 Å². The lowest BCUT2D eigenvalue weighted by Crippen LogP contribution is -2.39. The van der Waals surface area contributed by atoms with E-state index in [1.165, 1.54) is 32.3 Å². The van der Waals surface area contributed by atoms with Gasteiger partial charge in [0.25, 0.3) is 0 Å². The highest BCUT2D eigenvalue weighted by molar-refractivity contribution is 5.89. The van der Waals surface area contributed by atoms with Crippen LogP contribution in [0, 0.1) is 13.8 Å². The first-order valence-corrected chi connectivity index (χ1v) is 12.2. The zero-order valence-electron chi connectivity index (χ0n) is 22.0. The Morgan fingerprint density at radius 2 is 1.82 bits per heavy atom. The Hall–Kier alpha value is -3.83. The van der Waals surface area contributed by atoms with Gasteiger partial charge in [0.2, 0.25) is 5.95 Å². The zero-order chi connectivity index (χ0) is 28.2. The average molecular weight is 535 g/mol. The van der Waals surface area contributed by atoms with Gasteiger partial charge in [-0.1, -0.05) is 13.8 Å². The van der Waals surface area contributed by atoms with Crippen LogP contribution in [0.5, 0.6) is 0 Å². The van der Waals surface area contributed by atoms with E-state index in [2.05, 4.69) is 25.3 Å². The molecule has 204 valence electrons. The maximum Gasteiger partial charge on any atom is 0.433 e. The van der Waals surface area contributed by atoms with Crippen molar-refractivity contribution in [3.63, 3.8) is 0 Å². The van der Waals surface area contributed by atoms with Crippen molar-refractivity contribution >= 4 is 17.9 Å². The molecule has 1 saturated heterocycles. The van der Waals surface area contributed by atoms with Gasteiger partial charge in [-0.05, 0) is 63.1 Å². The van der Waals surface area contributed by atoms with Gasteiger partial charge in [-0.3, -0.25) is 9.88 Å². The van der Waals surface area contributed by atoms with E-state index in [9.17, 15) is 22.4 Å². The van der Waals surface area contributed by atoms with E-state index in [4.69, 9.17) is 4.74 Å². The molecule has 3 aromatic heterocycles. The van der Waals surface area contributed by atoms with Crippen LogP contribution >= 0.6 is 0 Å². The number of pyridine rings is 2. The molecule has 12 heteroatoms. The molecule has 0 bridgehead atoms. The third kappa shape index (κ3) is 6.35. The van der Waals surface area contributed by atoms with E-state index in [-0.39, 0.29) is 30.1 Å². The minimum Gasteiger partial charge on any atom is -0.447 e. The van der Waals surface area contributed by atoms with Crippen molar-refractivity contribution in [2.24, 2.45) is 0 Å². The Labute approximate surface area is 218 Å². The van der Waals surface area contributed by atoms with E-state index in [0.29, 0.717) is 16.8 Å². The van der Waals surface area contributed by atoms with Crippen LogP contribution in [0.1, 0.15) is 56.4 Å². The SMILES string of the molecule is CC.Cc1cc(-c2cnc(C(C)Nc3nccc(N4C(=O)OCC4C(C)F)n3)cc2C)cc(C(F)(F)F)n1. The Morgan fingerprint density at radius 1 is 1.11 bits per heavy atom. The summed E-state index contributed by atoms with van der Waals surface area (Å²) in [4.78, 5) is 29.8. The van der Waals surface area contributed by atoms with Crippen molar-refractivity contribution in [1.29, 1.82) is 0 Å². The topological polar surface area (TPSA) is 93.1 Å². The number of anilines is 2. The minimum absolute atomic E-state index is 0.0727. The number of halogens is 4. The molecular formula is C26H30F4N6O2. The second-order valence-corrected chi connectivity index (χ2v) is 8.60. The number of ether oxygens (including phenoxy) is 1. The van der Waals surface area contributed by atoms with Gasteiger partial charge in [0.15, 0.2) is 0 Å². The van der Waals surface area contributed by atoms with Gasteiger partial charge in [0.1, 0.15) is 30.3 Å². The molecule has 3 aromatic rings. The molecule has 38 heavy (non-hydrogen) atoms. The summed E-state index contributed by atoms with van der Waals surface area (Å²) in [7, 11) is 0. The number of carbonyl (C=O) groups excluding carboxylic acids is 1. The molecule has 3 atom stereocenters. The van der Waals surface area contributed by atoms with Gasteiger partial charge in [-0.2, -0.15) is 18.2 Å². The molecular weight excluding hydrogens is 504 g/mol. The number of alkyl halides is 4. The molecule has 1 aliphatic heterocycles.